The van der Waals surface area contributed by atoms with Crippen LogP contribution in [-0.4, -0.2) is 52.3 Å². The highest BCUT2D eigenvalue weighted by atomic mass is 79.9. The molecule has 0 aromatic heterocycles. The lowest BCUT2D eigenvalue weighted by atomic mass is 9.95. The topological polar surface area (TPSA) is 77.9 Å². The molecule has 0 spiro atoms. The molecule has 1 aromatic rings. The number of hydrogen-bond donors (Lipinski definition) is 1. The maximum atomic E-state index is 12.7. The van der Waals surface area contributed by atoms with Crippen LogP contribution in [-0.2, 0) is 20.9 Å². The minimum absolute atomic E-state index is 0.0115. The second-order valence-corrected chi connectivity index (χ2v) is 6.91. The lowest BCUT2D eigenvalue weighted by Gasteiger charge is -2.33. The van der Waals surface area contributed by atoms with Gasteiger partial charge in [0.05, 0.1) is 0 Å². The van der Waals surface area contributed by atoms with Crippen molar-refractivity contribution < 1.29 is 19.5 Å². The molecular weight excluding hydrogens is 376 g/mol. The second kappa shape index (κ2) is 8.28. The molecule has 1 heterocycles. The van der Waals surface area contributed by atoms with E-state index in [9.17, 15) is 14.4 Å². The second-order valence-electron chi connectivity index (χ2n) is 6.00. The summed E-state index contributed by atoms with van der Waals surface area (Å²) >= 11 is 3.38. The van der Waals surface area contributed by atoms with Crippen molar-refractivity contribution in [2.24, 2.45) is 5.92 Å². The van der Waals surface area contributed by atoms with Gasteiger partial charge in [-0.05, 0) is 30.5 Å². The van der Waals surface area contributed by atoms with Crippen molar-refractivity contribution in [2.75, 3.05) is 19.6 Å². The molecule has 2 rings (SSSR count). The number of aliphatic carboxylic acids is 1. The maximum Gasteiger partial charge on any atom is 0.323 e. The maximum absolute atomic E-state index is 12.7. The fourth-order valence-corrected chi connectivity index (χ4v) is 3.38. The summed E-state index contributed by atoms with van der Waals surface area (Å²) in [5, 5.41) is 9.12. The quantitative estimate of drug-likeness (QED) is 0.826. The van der Waals surface area contributed by atoms with E-state index in [1.54, 1.807) is 4.90 Å². The molecule has 0 radical (unpaired) electrons. The molecule has 0 unspecified atom stereocenters. The molecule has 0 bridgehead atoms. The van der Waals surface area contributed by atoms with Crippen LogP contribution in [0, 0.1) is 5.92 Å². The molecule has 1 saturated heterocycles. The van der Waals surface area contributed by atoms with Crippen LogP contribution in [0.15, 0.2) is 28.7 Å². The number of benzene rings is 1. The zero-order chi connectivity index (χ0) is 17.7. The van der Waals surface area contributed by atoms with Gasteiger partial charge in [-0.25, -0.2) is 0 Å². The first-order chi connectivity index (χ1) is 11.4. The number of amides is 2. The summed E-state index contributed by atoms with van der Waals surface area (Å²) in [5.74, 6) is -1.40. The van der Waals surface area contributed by atoms with Crippen LogP contribution < -0.4 is 0 Å². The summed E-state index contributed by atoms with van der Waals surface area (Å²) in [7, 11) is 0. The zero-order valence-electron chi connectivity index (χ0n) is 13.6. The molecular formula is C17H21BrN2O4. The van der Waals surface area contributed by atoms with Crippen molar-refractivity contribution in [1.29, 1.82) is 0 Å². The van der Waals surface area contributed by atoms with Crippen molar-refractivity contribution in [3.8, 4) is 0 Å². The minimum Gasteiger partial charge on any atom is -0.480 e. The number of carbonyl (C=O) groups is 3. The van der Waals surface area contributed by atoms with Gasteiger partial charge < -0.3 is 14.9 Å². The van der Waals surface area contributed by atoms with Crippen molar-refractivity contribution in [3.63, 3.8) is 0 Å². The monoisotopic (exact) mass is 396 g/mol. The van der Waals surface area contributed by atoms with Crippen molar-refractivity contribution in [2.45, 2.75) is 26.3 Å². The fraction of sp³-hybridized carbons (Fsp3) is 0.471. The Morgan fingerprint density at radius 1 is 1.29 bits per heavy atom. The fourth-order valence-electron chi connectivity index (χ4n) is 2.93. The number of carboxylic acid groups (broad SMARTS) is 1. The van der Waals surface area contributed by atoms with Gasteiger partial charge in [0.1, 0.15) is 6.54 Å². The highest BCUT2D eigenvalue weighted by Gasteiger charge is 2.30. The van der Waals surface area contributed by atoms with E-state index in [2.05, 4.69) is 15.9 Å². The molecule has 0 saturated carbocycles. The highest BCUT2D eigenvalue weighted by molar-refractivity contribution is 9.10. The Bertz CT molecular complexity index is 627. The number of halogens is 1. The smallest absolute Gasteiger partial charge is 0.323 e. The van der Waals surface area contributed by atoms with Crippen LogP contribution >= 0.6 is 15.9 Å². The third-order valence-electron chi connectivity index (χ3n) is 4.19. The summed E-state index contributed by atoms with van der Waals surface area (Å²) in [6.07, 6.45) is 1.15. The SMILES string of the molecule is CC(=O)N1CCC(C(=O)N(CC(=O)O)Cc2cccc(Br)c2)CC1. The van der Waals surface area contributed by atoms with E-state index in [1.165, 1.54) is 11.8 Å². The van der Waals surface area contributed by atoms with Crippen LogP contribution in [0.2, 0.25) is 0 Å². The Balaban J connectivity index is 2.05. The van der Waals surface area contributed by atoms with E-state index in [0.29, 0.717) is 25.9 Å². The van der Waals surface area contributed by atoms with E-state index in [0.717, 1.165) is 10.0 Å². The normalized spacial score (nSPS) is 15.2. The molecule has 7 heteroatoms. The molecule has 2 amide bonds. The largest absolute Gasteiger partial charge is 0.480 e. The molecule has 0 aliphatic carbocycles. The van der Waals surface area contributed by atoms with Crippen LogP contribution in [0.4, 0.5) is 0 Å². The Hall–Kier alpha value is -1.89. The van der Waals surface area contributed by atoms with E-state index < -0.39 is 5.97 Å². The number of nitrogens with zero attached hydrogens (tertiary/aromatic N) is 2. The molecule has 1 aliphatic rings. The molecule has 6 nitrogen and oxygen atoms in total. The van der Waals surface area contributed by atoms with Gasteiger partial charge in [-0.3, -0.25) is 14.4 Å². The minimum atomic E-state index is -1.03. The van der Waals surface area contributed by atoms with Gasteiger partial charge in [0, 0.05) is 36.9 Å². The van der Waals surface area contributed by atoms with E-state index >= 15 is 0 Å². The Morgan fingerprint density at radius 3 is 2.50 bits per heavy atom. The van der Waals surface area contributed by atoms with E-state index in [1.807, 2.05) is 24.3 Å². The van der Waals surface area contributed by atoms with Gasteiger partial charge in [-0.2, -0.15) is 0 Å². The van der Waals surface area contributed by atoms with Crippen LogP contribution in [0.5, 0.6) is 0 Å². The Kier molecular flexibility index (Phi) is 6.36. The molecule has 24 heavy (non-hydrogen) atoms. The molecule has 1 fully saturated rings. The molecule has 1 N–H and O–H groups in total. The van der Waals surface area contributed by atoms with Crippen LogP contribution in [0.3, 0.4) is 0 Å². The predicted octanol–water partition coefficient (Wildman–Crippen LogP) is 2.12. The lowest BCUT2D eigenvalue weighted by molar-refractivity contribution is -0.148. The highest BCUT2D eigenvalue weighted by Crippen LogP contribution is 2.21. The van der Waals surface area contributed by atoms with E-state index in [-0.39, 0.29) is 30.8 Å². The number of carbonyl (C=O) groups excluding carboxylic acids is 2. The number of rotatable bonds is 5. The Morgan fingerprint density at radius 2 is 1.96 bits per heavy atom. The zero-order valence-corrected chi connectivity index (χ0v) is 15.2. The number of piperidine rings is 1. The molecule has 1 aliphatic heterocycles. The Labute approximate surface area is 149 Å². The third kappa shape index (κ3) is 5.06. The van der Waals surface area contributed by atoms with Gasteiger partial charge in [-0.15, -0.1) is 0 Å². The average molecular weight is 397 g/mol. The standard InChI is InChI=1S/C17H21BrN2O4/c1-12(21)19-7-5-14(6-8-19)17(24)20(11-16(22)23)10-13-3-2-4-15(18)9-13/h2-4,9,14H,5-8,10-11H2,1H3,(H,22,23). The molecule has 1 aromatic carbocycles. The van der Waals surface area contributed by atoms with Crippen molar-refractivity contribution >= 4 is 33.7 Å². The van der Waals surface area contributed by atoms with Gasteiger partial charge in [0.25, 0.3) is 0 Å². The first-order valence-corrected chi connectivity index (χ1v) is 8.66. The van der Waals surface area contributed by atoms with Crippen molar-refractivity contribution in [3.05, 3.63) is 34.3 Å². The summed E-state index contributed by atoms with van der Waals surface area (Å²) in [6.45, 7) is 2.55. The van der Waals surface area contributed by atoms with Gasteiger partial charge in [-0.1, -0.05) is 28.1 Å². The summed E-state index contributed by atoms with van der Waals surface area (Å²) < 4.78 is 0.887. The van der Waals surface area contributed by atoms with Gasteiger partial charge in [0.15, 0.2) is 0 Å². The average Bonchev–Trinajstić information content (AvgIpc) is 2.53. The van der Waals surface area contributed by atoms with Gasteiger partial charge in [0.2, 0.25) is 11.8 Å². The predicted molar refractivity (Wildman–Crippen MR) is 92.2 cm³/mol. The van der Waals surface area contributed by atoms with Crippen molar-refractivity contribution in [1.82, 2.24) is 9.80 Å². The first-order valence-electron chi connectivity index (χ1n) is 7.87. The summed E-state index contributed by atoms with van der Waals surface area (Å²) in [6, 6.07) is 7.48. The van der Waals surface area contributed by atoms with Crippen LogP contribution in [0.25, 0.3) is 0 Å². The molecule has 130 valence electrons. The summed E-state index contributed by atoms with van der Waals surface area (Å²) in [5.41, 5.74) is 0.875. The van der Waals surface area contributed by atoms with Crippen LogP contribution in [0.1, 0.15) is 25.3 Å². The van der Waals surface area contributed by atoms with Gasteiger partial charge >= 0.3 is 5.97 Å². The number of likely N-dealkylation sites (tertiary alicyclic amines) is 1. The summed E-state index contributed by atoms with van der Waals surface area (Å²) in [4.78, 5) is 38.4. The third-order valence-corrected chi connectivity index (χ3v) is 4.68. The lowest BCUT2D eigenvalue weighted by Crippen LogP contribution is -2.45. The number of carboxylic acids is 1. The first kappa shape index (κ1) is 18.4. The van der Waals surface area contributed by atoms with E-state index in [4.69, 9.17) is 5.11 Å². The molecule has 0 atom stereocenters. The number of hydrogen-bond acceptors (Lipinski definition) is 3.